The zero-order chi connectivity index (χ0) is 7.28. The maximum absolute atomic E-state index is 10.3. The van der Waals surface area contributed by atoms with Gasteiger partial charge >= 0.3 is 0 Å². The van der Waals surface area contributed by atoms with Gasteiger partial charge in [-0.1, -0.05) is 0 Å². The van der Waals surface area contributed by atoms with Crippen molar-refractivity contribution in [1.29, 1.82) is 0 Å². The summed E-state index contributed by atoms with van der Waals surface area (Å²) in [6.07, 6.45) is 3.19. The first-order valence-corrected chi connectivity index (χ1v) is 3.06. The molecular weight excluding hydrogens is 114 g/mol. The van der Waals surface area contributed by atoms with Crippen LogP contribution < -0.4 is 5.32 Å². The molecule has 52 valence electrons. The molecule has 0 aromatic rings. The molecule has 0 saturated carbocycles. The molecule has 0 saturated heterocycles. The van der Waals surface area contributed by atoms with E-state index in [1.807, 2.05) is 13.8 Å². The van der Waals surface area contributed by atoms with Crippen LogP contribution in [0, 0.1) is 0 Å². The van der Waals surface area contributed by atoms with Gasteiger partial charge in [-0.05, 0) is 26.8 Å². The summed E-state index contributed by atoms with van der Waals surface area (Å²) in [6.45, 7) is 5.56. The van der Waals surface area contributed by atoms with E-state index in [1.54, 1.807) is 6.20 Å². The Morgan fingerprint density at radius 1 is 1.56 bits per heavy atom. The van der Waals surface area contributed by atoms with Crippen molar-refractivity contribution in [2.24, 2.45) is 0 Å². The van der Waals surface area contributed by atoms with E-state index in [-0.39, 0.29) is 5.78 Å². The summed E-state index contributed by atoms with van der Waals surface area (Å²) in [4.78, 5) is 10.3. The van der Waals surface area contributed by atoms with Crippen LogP contribution in [-0.2, 0) is 4.79 Å². The first kappa shape index (κ1) is 8.21. The van der Waals surface area contributed by atoms with Gasteiger partial charge in [0.1, 0.15) is 0 Å². The van der Waals surface area contributed by atoms with Gasteiger partial charge in [0.05, 0.1) is 0 Å². The van der Waals surface area contributed by atoms with E-state index >= 15 is 0 Å². The molecule has 0 aliphatic rings. The first-order chi connectivity index (χ1) is 4.13. The minimum absolute atomic E-state index is 0.0724. The molecule has 1 N–H and O–H groups in total. The fraction of sp³-hybridized carbons (Fsp3) is 0.571. The average molecular weight is 127 g/mol. The second kappa shape index (κ2) is 4.13. The van der Waals surface area contributed by atoms with Gasteiger partial charge in [0.15, 0.2) is 5.78 Å². The molecule has 0 rings (SSSR count). The summed E-state index contributed by atoms with van der Waals surface area (Å²) >= 11 is 0. The van der Waals surface area contributed by atoms with Crippen LogP contribution in [0.25, 0.3) is 0 Å². The molecule has 0 aromatic heterocycles. The summed E-state index contributed by atoms with van der Waals surface area (Å²) in [5.74, 6) is 0.0724. The van der Waals surface area contributed by atoms with Crippen LogP contribution in [0.4, 0.5) is 0 Å². The molecule has 9 heavy (non-hydrogen) atoms. The van der Waals surface area contributed by atoms with Gasteiger partial charge < -0.3 is 5.32 Å². The molecule has 0 fully saturated rings. The van der Waals surface area contributed by atoms with Gasteiger partial charge in [0, 0.05) is 12.2 Å². The van der Waals surface area contributed by atoms with Crippen molar-refractivity contribution in [3.63, 3.8) is 0 Å². The molecule has 0 bridgehead atoms. The summed E-state index contributed by atoms with van der Waals surface area (Å²) in [5, 5.41) is 2.98. The lowest BCUT2D eigenvalue weighted by molar-refractivity contribution is -0.112. The molecule has 0 radical (unpaired) electrons. The van der Waals surface area contributed by atoms with Crippen molar-refractivity contribution in [2.75, 3.05) is 0 Å². The molecule has 0 amide bonds. The highest BCUT2D eigenvalue weighted by Crippen LogP contribution is 1.76. The van der Waals surface area contributed by atoms with Gasteiger partial charge in [0.25, 0.3) is 0 Å². The third kappa shape index (κ3) is 7.21. The van der Waals surface area contributed by atoms with Crippen LogP contribution >= 0.6 is 0 Å². The van der Waals surface area contributed by atoms with Crippen molar-refractivity contribution in [3.05, 3.63) is 12.3 Å². The number of rotatable bonds is 3. The third-order valence-electron chi connectivity index (χ3n) is 0.748. The number of carbonyl (C=O) groups excluding carboxylic acids is 1. The van der Waals surface area contributed by atoms with E-state index in [9.17, 15) is 4.79 Å². The Hall–Kier alpha value is -0.790. The standard InChI is InChI=1S/C7H13NO/c1-6(2)8-5-4-7(3)9/h4-6,8H,1-3H3. The van der Waals surface area contributed by atoms with E-state index in [0.29, 0.717) is 6.04 Å². The van der Waals surface area contributed by atoms with Crippen LogP contribution in [0.1, 0.15) is 20.8 Å². The number of nitrogens with one attached hydrogen (secondary N) is 1. The number of hydrogen-bond donors (Lipinski definition) is 1. The lowest BCUT2D eigenvalue weighted by Crippen LogP contribution is -2.15. The predicted molar refractivity (Wildman–Crippen MR) is 38.1 cm³/mol. The minimum atomic E-state index is 0.0724. The fourth-order valence-electron chi connectivity index (χ4n) is 0.358. The highest BCUT2D eigenvalue weighted by Gasteiger charge is 1.84. The SMILES string of the molecule is CC(=O)C=CNC(C)C. The molecule has 0 aliphatic heterocycles. The van der Waals surface area contributed by atoms with E-state index < -0.39 is 0 Å². The number of allylic oxidation sites excluding steroid dienone is 1. The van der Waals surface area contributed by atoms with Crippen molar-refractivity contribution < 1.29 is 4.79 Å². The van der Waals surface area contributed by atoms with E-state index in [0.717, 1.165) is 0 Å². The summed E-state index contributed by atoms with van der Waals surface area (Å²) in [5.41, 5.74) is 0. The Morgan fingerprint density at radius 2 is 2.11 bits per heavy atom. The summed E-state index contributed by atoms with van der Waals surface area (Å²) in [7, 11) is 0. The van der Waals surface area contributed by atoms with Crippen molar-refractivity contribution in [1.82, 2.24) is 5.32 Å². The van der Waals surface area contributed by atoms with Gasteiger partial charge in [-0.3, -0.25) is 4.79 Å². The van der Waals surface area contributed by atoms with Gasteiger partial charge in [-0.25, -0.2) is 0 Å². The molecule has 2 heteroatoms. The topological polar surface area (TPSA) is 29.1 Å². The zero-order valence-electron chi connectivity index (χ0n) is 6.14. The number of ketones is 1. The van der Waals surface area contributed by atoms with Gasteiger partial charge in [-0.2, -0.15) is 0 Å². The summed E-state index contributed by atoms with van der Waals surface area (Å²) in [6, 6.07) is 0.403. The summed E-state index contributed by atoms with van der Waals surface area (Å²) < 4.78 is 0. The van der Waals surface area contributed by atoms with Crippen molar-refractivity contribution in [2.45, 2.75) is 26.8 Å². The highest BCUT2D eigenvalue weighted by atomic mass is 16.1. The largest absolute Gasteiger partial charge is 0.389 e. The fourth-order valence-corrected chi connectivity index (χ4v) is 0.358. The number of carbonyl (C=O) groups is 1. The molecular formula is C7H13NO. The molecule has 0 atom stereocenters. The number of hydrogen-bond acceptors (Lipinski definition) is 2. The van der Waals surface area contributed by atoms with Crippen molar-refractivity contribution in [3.8, 4) is 0 Å². The Balaban J connectivity index is 3.36. The normalized spacial score (nSPS) is 10.7. The maximum atomic E-state index is 10.3. The van der Waals surface area contributed by atoms with Crippen LogP contribution in [0.2, 0.25) is 0 Å². The predicted octanol–water partition coefficient (Wildman–Crippen LogP) is 1.09. The van der Waals surface area contributed by atoms with Crippen LogP contribution in [0.5, 0.6) is 0 Å². The molecule has 0 unspecified atom stereocenters. The van der Waals surface area contributed by atoms with E-state index in [2.05, 4.69) is 5.32 Å². The van der Waals surface area contributed by atoms with Gasteiger partial charge in [0.2, 0.25) is 0 Å². The van der Waals surface area contributed by atoms with Crippen LogP contribution in [0.15, 0.2) is 12.3 Å². The quantitative estimate of drug-likeness (QED) is 0.575. The minimum Gasteiger partial charge on any atom is -0.389 e. The maximum Gasteiger partial charge on any atom is 0.154 e. The molecule has 0 aromatic carbocycles. The lowest BCUT2D eigenvalue weighted by Gasteiger charge is -2.00. The highest BCUT2D eigenvalue weighted by molar-refractivity contribution is 5.87. The Morgan fingerprint density at radius 3 is 2.44 bits per heavy atom. The lowest BCUT2D eigenvalue weighted by atomic mass is 10.4. The first-order valence-electron chi connectivity index (χ1n) is 3.06. The second-order valence-corrected chi connectivity index (χ2v) is 2.27. The molecule has 0 spiro atoms. The molecule has 2 nitrogen and oxygen atoms in total. The van der Waals surface area contributed by atoms with Gasteiger partial charge in [-0.15, -0.1) is 0 Å². The zero-order valence-corrected chi connectivity index (χ0v) is 6.14. The Labute approximate surface area is 56.0 Å². The smallest absolute Gasteiger partial charge is 0.154 e. The molecule has 0 aliphatic carbocycles. The monoisotopic (exact) mass is 127 g/mol. The molecule has 0 heterocycles. The second-order valence-electron chi connectivity index (χ2n) is 2.27. The van der Waals surface area contributed by atoms with E-state index in [4.69, 9.17) is 0 Å². The Bertz CT molecular complexity index is 116. The van der Waals surface area contributed by atoms with Crippen LogP contribution in [-0.4, -0.2) is 11.8 Å². The van der Waals surface area contributed by atoms with Crippen molar-refractivity contribution >= 4 is 5.78 Å². The third-order valence-corrected chi connectivity index (χ3v) is 0.748. The Kier molecular flexibility index (Phi) is 3.76. The van der Waals surface area contributed by atoms with Crippen LogP contribution in [0.3, 0.4) is 0 Å². The average Bonchev–Trinajstić information content (AvgIpc) is 1.63. The van der Waals surface area contributed by atoms with E-state index in [1.165, 1.54) is 13.0 Å².